The number of allylic oxidation sites excluding steroid dienone is 1. The molecule has 0 aromatic heterocycles. The average molecular weight is 1050 g/mol. The summed E-state index contributed by atoms with van der Waals surface area (Å²) in [5.74, 6) is -1.17. The third kappa shape index (κ3) is 14.3. The van der Waals surface area contributed by atoms with Gasteiger partial charge in [-0.15, -0.1) is 6.58 Å². The maximum atomic E-state index is 15.4. The summed E-state index contributed by atoms with van der Waals surface area (Å²) < 4.78 is 27.7. The molecule has 1 heterocycles. The van der Waals surface area contributed by atoms with Crippen LogP contribution in [0.15, 0.2) is 145 Å². The number of amides is 1. The normalized spacial score (nSPS) is 20.8. The predicted molar refractivity (Wildman–Crippen MR) is 302 cm³/mol. The largest absolute Gasteiger partial charge is 0.459 e. The third-order valence-electron chi connectivity index (χ3n) is 15.7. The highest BCUT2D eigenvalue weighted by molar-refractivity contribution is 6.03. The van der Waals surface area contributed by atoms with Crippen molar-refractivity contribution in [3.63, 3.8) is 0 Å². The van der Waals surface area contributed by atoms with Crippen molar-refractivity contribution in [3.8, 4) is 17.2 Å². The molecule has 5 aromatic carbocycles. The number of ether oxygens (including phenoxy) is 4. The summed E-state index contributed by atoms with van der Waals surface area (Å²) in [6.07, 6.45) is 19.6. The molecule has 0 saturated heterocycles. The molecule has 0 bridgehead atoms. The number of benzene rings is 5. The van der Waals surface area contributed by atoms with E-state index in [2.05, 4.69) is 43.8 Å². The van der Waals surface area contributed by atoms with E-state index in [4.69, 9.17) is 28.9 Å². The first-order valence-electron chi connectivity index (χ1n) is 28.3. The molecule has 13 nitrogen and oxygen atoms in total. The van der Waals surface area contributed by atoms with Gasteiger partial charge in [0.05, 0.1) is 42.4 Å². The van der Waals surface area contributed by atoms with Gasteiger partial charge in [-0.1, -0.05) is 174 Å². The highest BCUT2D eigenvalue weighted by Crippen LogP contribution is 2.62. The molecule has 13 heteroatoms. The van der Waals surface area contributed by atoms with Crippen LogP contribution in [0.1, 0.15) is 139 Å². The Hall–Kier alpha value is -6.54. The Morgan fingerprint density at radius 3 is 2.27 bits per heavy atom. The minimum atomic E-state index is -1.54. The second kappa shape index (κ2) is 28.7. The highest BCUT2D eigenvalue weighted by atomic mass is 16.7. The summed E-state index contributed by atoms with van der Waals surface area (Å²) in [5.41, 5.74) is 4.22. The molecule has 6 atom stereocenters. The van der Waals surface area contributed by atoms with Crippen molar-refractivity contribution < 1.29 is 43.7 Å². The fourth-order valence-corrected chi connectivity index (χ4v) is 12.0. The lowest BCUT2D eigenvalue weighted by Gasteiger charge is -2.59. The van der Waals surface area contributed by atoms with E-state index in [1.807, 2.05) is 60.7 Å². The molecule has 1 amide bonds. The number of nitro benzene ring substituents is 1. The number of unbranched alkanes of at least 4 members (excludes halogenated alkanes) is 11. The van der Waals surface area contributed by atoms with Crippen molar-refractivity contribution in [1.82, 2.24) is 4.90 Å². The molecule has 410 valence electrons. The minimum Gasteiger partial charge on any atom is -0.459 e. The molecular formula is C64H79N3O10. The van der Waals surface area contributed by atoms with Gasteiger partial charge in [0.2, 0.25) is 5.79 Å². The fraction of sp³-hybridized carbons (Fsp3) is 0.469. The van der Waals surface area contributed by atoms with Gasteiger partial charge in [-0.3, -0.25) is 15.0 Å². The van der Waals surface area contributed by atoms with Crippen molar-refractivity contribution in [2.45, 2.75) is 147 Å². The van der Waals surface area contributed by atoms with E-state index in [1.54, 1.807) is 29.2 Å². The predicted octanol–water partition coefficient (Wildman–Crippen LogP) is 14.9. The van der Waals surface area contributed by atoms with Gasteiger partial charge in [0, 0.05) is 37.2 Å². The average Bonchev–Trinajstić information content (AvgIpc) is 3.57. The van der Waals surface area contributed by atoms with E-state index in [9.17, 15) is 20.3 Å². The van der Waals surface area contributed by atoms with Gasteiger partial charge in [-0.25, -0.2) is 4.79 Å². The van der Waals surface area contributed by atoms with Gasteiger partial charge < -0.3 is 34.0 Å². The van der Waals surface area contributed by atoms with Gasteiger partial charge in [0.15, 0.2) is 0 Å². The first kappa shape index (κ1) is 56.7. The SMILES string of the molecule is C=CCOC12Oc3ccc(Oc4cccc([N+](=O)[O-])c4)cc3C3C(CCCCO)C(CCCCO)C=C(C(=NOCc4ccccc4)CC1N(Cc1cccc4ccccc14)C(=O)OCCCCCCCCCCCC)C32. The Balaban J connectivity index is 1.26. The van der Waals surface area contributed by atoms with E-state index in [0.717, 1.165) is 84.4 Å². The van der Waals surface area contributed by atoms with Crippen molar-refractivity contribution in [1.29, 1.82) is 0 Å². The summed E-state index contributed by atoms with van der Waals surface area (Å²) >= 11 is 0. The molecule has 2 aliphatic carbocycles. The van der Waals surface area contributed by atoms with Gasteiger partial charge in [0.25, 0.3) is 5.69 Å². The Bertz CT molecular complexity index is 2760. The highest BCUT2D eigenvalue weighted by Gasteiger charge is 2.66. The molecule has 0 spiro atoms. The molecule has 3 aliphatic rings. The van der Waals surface area contributed by atoms with E-state index in [1.165, 1.54) is 50.7 Å². The lowest BCUT2D eigenvalue weighted by molar-refractivity contribution is -0.384. The smallest absolute Gasteiger partial charge is 0.410 e. The van der Waals surface area contributed by atoms with Crippen LogP contribution in [0.4, 0.5) is 10.5 Å². The molecule has 77 heavy (non-hydrogen) atoms. The van der Waals surface area contributed by atoms with Gasteiger partial charge in [0.1, 0.15) is 29.9 Å². The second-order valence-electron chi connectivity index (χ2n) is 21.0. The number of nitrogens with zero attached hydrogens (tertiary/aromatic N) is 3. The Kier molecular flexibility index (Phi) is 21.1. The van der Waals surface area contributed by atoms with Crippen molar-refractivity contribution in [3.05, 3.63) is 166 Å². The molecule has 1 aliphatic heterocycles. The lowest BCUT2D eigenvalue weighted by atomic mass is 9.55. The zero-order chi connectivity index (χ0) is 53.8. The van der Waals surface area contributed by atoms with Gasteiger partial charge in [-0.05, 0) is 95.7 Å². The first-order valence-corrected chi connectivity index (χ1v) is 28.3. The number of non-ortho nitro benzene ring substituents is 1. The lowest BCUT2D eigenvalue weighted by Crippen LogP contribution is -2.70. The maximum absolute atomic E-state index is 15.4. The van der Waals surface area contributed by atoms with Crippen molar-refractivity contribution in [2.24, 2.45) is 22.9 Å². The molecular weight excluding hydrogens is 971 g/mol. The van der Waals surface area contributed by atoms with Crippen LogP contribution in [0.2, 0.25) is 0 Å². The molecule has 2 N–H and O–H groups in total. The summed E-state index contributed by atoms with van der Waals surface area (Å²) in [6, 6.07) is 35.2. The summed E-state index contributed by atoms with van der Waals surface area (Å²) in [4.78, 5) is 35.0. The number of rotatable bonds is 31. The topological polar surface area (TPSA) is 162 Å². The summed E-state index contributed by atoms with van der Waals surface area (Å²) in [6.45, 7) is 7.23. The van der Waals surface area contributed by atoms with E-state index >= 15 is 4.79 Å². The second-order valence-corrected chi connectivity index (χ2v) is 21.0. The first-order chi connectivity index (χ1) is 37.8. The molecule has 5 aromatic rings. The number of fused-ring (bicyclic) bond motifs is 3. The zero-order valence-electron chi connectivity index (χ0n) is 45.0. The van der Waals surface area contributed by atoms with E-state index < -0.39 is 28.8 Å². The van der Waals surface area contributed by atoms with Crippen LogP contribution in [0, 0.1) is 27.9 Å². The summed E-state index contributed by atoms with van der Waals surface area (Å²) in [5, 5.41) is 39.2. The van der Waals surface area contributed by atoms with Crippen molar-refractivity contribution in [2.75, 3.05) is 26.4 Å². The standard InChI is InChI=1S/C64H79N3O10/c1-3-5-6-7-8-9-10-11-12-22-40-73-63(70)66(45-50-30-23-29-48-27-16-17-33-54(48)50)60-44-58(65-75-46-47-25-14-13-15-26-47)56-41-49(28-18-20-37-68)55(34-19-21-38-69)61-57-43-53(76-52-32-24-31-51(42-52)67(71)72)35-36-59(57)77-64(60,62(56)61)74-39-4-2/h4,13-17,23-27,29-33,35-36,41-43,49,55,60-62,68-69H,2-3,5-12,18-22,28,34,37-40,44-46H2,1H3. The van der Waals surface area contributed by atoms with Crippen LogP contribution in [0.25, 0.3) is 10.8 Å². The summed E-state index contributed by atoms with van der Waals surface area (Å²) in [7, 11) is 0. The number of oxime groups is 1. The monoisotopic (exact) mass is 1050 g/mol. The number of hydrogen-bond donors (Lipinski definition) is 2. The Labute approximate surface area is 455 Å². The number of nitro groups is 1. The fourth-order valence-electron chi connectivity index (χ4n) is 12.0. The van der Waals surface area contributed by atoms with E-state index in [0.29, 0.717) is 35.8 Å². The third-order valence-corrected chi connectivity index (χ3v) is 15.7. The zero-order valence-corrected chi connectivity index (χ0v) is 45.0. The number of carbonyl (C=O) groups is 1. The number of aliphatic hydroxyl groups is 2. The minimum absolute atomic E-state index is 0.00502. The maximum Gasteiger partial charge on any atom is 0.410 e. The number of hydrogen-bond acceptors (Lipinski definition) is 11. The van der Waals surface area contributed by atoms with Crippen LogP contribution >= 0.6 is 0 Å². The van der Waals surface area contributed by atoms with Crippen molar-refractivity contribution >= 4 is 28.3 Å². The van der Waals surface area contributed by atoms with Crippen LogP contribution in [0.5, 0.6) is 17.2 Å². The molecule has 1 fully saturated rings. The Morgan fingerprint density at radius 2 is 1.52 bits per heavy atom. The van der Waals surface area contributed by atoms with Crippen LogP contribution in [0.3, 0.4) is 0 Å². The number of carbonyl (C=O) groups excluding carboxylic acids is 1. The molecule has 6 unspecified atom stereocenters. The van der Waals surface area contributed by atoms with Crippen LogP contribution in [-0.2, 0) is 27.5 Å². The van der Waals surface area contributed by atoms with Crippen LogP contribution in [-0.4, -0.2) is 70.1 Å². The molecule has 8 rings (SSSR count). The molecule has 1 saturated carbocycles. The van der Waals surface area contributed by atoms with Gasteiger partial charge in [-0.2, -0.15) is 0 Å². The molecule has 0 radical (unpaired) electrons. The number of aliphatic hydroxyl groups excluding tert-OH is 2. The van der Waals surface area contributed by atoms with Crippen LogP contribution < -0.4 is 9.47 Å². The van der Waals surface area contributed by atoms with E-state index in [-0.39, 0.29) is 69.4 Å². The van der Waals surface area contributed by atoms with Gasteiger partial charge >= 0.3 is 6.09 Å². The quantitative estimate of drug-likeness (QED) is 0.0189. The Morgan fingerprint density at radius 1 is 0.818 bits per heavy atom.